The van der Waals surface area contributed by atoms with Crippen LogP contribution in [0.25, 0.3) is 0 Å². The van der Waals surface area contributed by atoms with Gasteiger partial charge >= 0.3 is 67.1 Å². The van der Waals surface area contributed by atoms with Crippen LogP contribution in [0.5, 0.6) is 0 Å². The second-order valence-electron chi connectivity index (χ2n) is 28.2. The standard InChI is InChI=1S/C13H21N3O4.C12H14F3N3O3.C12H14F3N3O.C11H15F3N4O.2C11H12F3N3O.CH4O/c1-6-19-11-10(17)16(12(18)15(11)5)9-7-8(20-14-9)13(2,3)4;1-3-21-10-9(19)18(11(20)17(10)2)8-6-7(4-5-16-8)12(13,14)15;1-7-8(2)18(11(19)17(7)3)10-6-9(4-5-16-10)12(13,14)15;1-6-7(2)18(10(19)16(6)3)9-5-8(11(12,13)14)17(4)15-9;1-7-6-16(2)10(18)17(7)9-5-8(3-4-15-9)11(12,13)14;1-6-7(2)17(10(18)16-6)9-5-8(3-4-15-9)11(12,13)14;1-2/h7,10-11,17H,6H2,1-5H3;4-6,9-10,19H,3H2,1-2H3;4-8H,1-3H3;5-7H,1-4H3;3-5,7H,6H2,1-2H3;3-7H,1-2H3,(H,16,18);2H,1H3. The minimum absolute atomic E-state index is 0.0131. The highest BCUT2D eigenvalue weighted by atomic mass is 19.4. The number of amides is 12. The van der Waals surface area contributed by atoms with E-state index in [1.54, 1.807) is 75.8 Å². The van der Waals surface area contributed by atoms with Crippen LogP contribution in [-0.4, -0.2) is 240 Å². The number of carbonyl (C=O) groups is 6. The number of anilines is 6. The predicted octanol–water partition coefficient (Wildman–Crippen LogP) is 12.4. The van der Waals surface area contributed by atoms with Gasteiger partial charge in [-0.15, -0.1) is 0 Å². The number of likely N-dealkylation sites (N-methyl/N-ethyl adjacent to an activating group) is 5. The third-order valence-electron chi connectivity index (χ3n) is 19.3. The Kier molecular flexibility index (Phi) is 30.4. The lowest BCUT2D eigenvalue weighted by atomic mass is 9.93. The normalized spacial score (nSPS) is 23.1. The molecule has 0 aromatic carbocycles. The van der Waals surface area contributed by atoms with E-state index in [9.17, 15) is 105 Å². The van der Waals surface area contributed by atoms with Gasteiger partial charge in [0.05, 0.1) is 58.5 Å². The summed E-state index contributed by atoms with van der Waals surface area (Å²) in [5.41, 5.74) is -4.46. The number of nitrogens with one attached hydrogen (secondary N) is 1. The first-order valence-electron chi connectivity index (χ1n) is 35.7. The second kappa shape index (κ2) is 37.3. The van der Waals surface area contributed by atoms with Gasteiger partial charge in [-0.1, -0.05) is 25.9 Å². The average Bonchev–Trinajstić information content (AvgIpc) is 1.64. The van der Waals surface area contributed by atoms with Gasteiger partial charge in [0, 0.05) is 118 Å². The fourth-order valence-corrected chi connectivity index (χ4v) is 12.2. The quantitative estimate of drug-likeness (QED) is 0.0926. The molecule has 0 aliphatic carbocycles. The molecule has 648 valence electrons. The van der Waals surface area contributed by atoms with E-state index in [0.29, 0.717) is 30.8 Å². The van der Waals surface area contributed by atoms with E-state index in [1.807, 2.05) is 41.5 Å². The van der Waals surface area contributed by atoms with Crippen LogP contribution in [0.2, 0.25) is 0 Å². The molecule has 11 atom stereocenters. The molecular weight excluding hydrogens is 1600 g/mol. The lowest BCUT2D eigenvalue weighted by Gasteiger charge is -2.21. The lowest BCUT2D eigenvalue weighted by molar-refractivity contribution is -0.144. The number of halogens is 15. The van der Waals surface area contributed by atoms with Crippen molar-refractivity contribution in [3.63, 3.8) is 0 Å². The van der Waals surface area contributed by atoms with E-state index in [2.05, 4.69) is 35.5 Å². The first-order chi connectivity index (χ1) is 54.0. The van der Waals surface area contributed by atoms with Crippen LogP contribution in [0.15, 0.2) is 90.0 Å². The van der Waals surface area contributed by atoms with Crippen molar-refractivity contribution in [2.45, 2.75) is 187 Å². The second-order valence-corrected chi connectivity index (χ2v) is 28.2. The molecule has 12 rings (SSSR count). The largest absolute Gasteiger partial charge is 0.433 e. The lowest BCUT2D eigenvalue weighted by Crippen LogP contribution is -2.38. The van der Waals surface area contributed by atoms with Crippen molar-refractivity contribution in [1.82, 2.24) is 64.7 Å². The molecule has 117 heavy (non-hydrogen) atoms. The van der Waals surface area contributed by atoms with E-state index in [4.69, 9.17) is 19.1 Å². The Bertz CT molecular complexity index is 4360. The Morgan fingerprint density at radius 3 is 1.07 bits per heavy atom. The number of hydrogen-bond donors (Lipinski definition) is 4. The van der Waals surface area contributed by atoms with Crippen LogP contribution < -0.4 is 34.7 Å². The summed E-state index contributed by atoms with van der Waals surface area (Å²) < 4.78 is 206. The van der Waals surface area contributed by atoms with Crippen molar-refractivity contribution in [1.29, 1.82) is 0 Å². The fourth-order valence-electron chi connectivity index (χ4n) is 12.2. The summed E-state index contributed by atoms with van der Waals surface area (Å²) in [6, 6.07) is 5.73. The number of nitrogens with zero attached hydrogens (tertiary/aromatic N) is 18. The predicted molar refractivity (Wildman–Crippen MR) is 392 cm³/mol. The Morgan fingerprint density at radius 1 is 0.436 bits per heavy atom. The molecule has 0 bridgehead atoms. The number of aromatic nitrogens is 7. The Balaban J connectivity index is 0.000000217. The molecule has 0 saturated carbocycles. The summed E-state index contributed by atoms with van der Waals surface area (Å²) in [7, 11) is 10.0. The molecule has 6 aromatic heterocycles. The van der Waals surface area contributed by atoms with Crippen LogP contribution in [0, 0.1) is 0 Å². The zero-order chi connectivity index (χ0) is 88.8. The third-order valence-corrected chi connectivity index (χ3v) is 19.3. The Hall–Kier alpha value is -10.6. The van der Waals surface area contributed by atoms with Crippen molar-refractivity contribution >= 4 is 71.1 Å². The van der Waals surface area contributed by atoms with Gasteiger partial charge in [-0.25, -0.2) is 58.5 Å². The highest BCUT2D eigenvalue weighted by Gasteiger charge is 2.50. The Labute approximate surface area is 662 Å². The smallest absolute Gasteiger partial charge is 0.400 e. The van der Waals surface area contributed by atoms with Gasteiger partial charge in [0.15, 0.2) is 36.5 Å². The molecule has 0 spiro atoms. The van der Waals surface area contributed by atoms with Crippen LogP contribution >= 0.6 is 0 Å². The monoisotopic (exact) mass is 1690 g/mol. The third kappa shape index (κ3) is 21.6. The maximum atomic E-state index is 12.7. The zero-order valence-electron chi connectivity index (χ0n) is 66.8. The molecular formula is C71H92F15N19O12. The first-order valence-corrected chi connectivity index (χ1v) is 35.7. The number of urea groups is 6. The number of aliphatic hydroxyl groups is 3. The van der Waals surface area contributed by atoms with Crippen molar-refractivity contribution in [3.8, 4) is 0 Å². The van der Waals surface area contributed by atoms with E-state index in [-0.39, 0.29) is 108 Å². The van der Waals surface area contributed by atoms with E-state index >= 15 is 0 Å². The molecule has 6 aromatic rings. The maximum Gasteiger partial charge on any atom is 0.433 e. The van der Waals surface area contributed by atoms with Crippen molar-refractivity contribution < 1.29 is 124 Å². The minimum atomic E-state index is -4.56. The number of ether oxygens (including phenoxy) is 2. The highest BCUT2D eigenvalue weighted by molar-refractivity contribution is 5.97. The number of aliphatic hydroxyl groups excluding tert-OH is 3. The molecule has 12 heterocycles. The molecule has 12 amide bonds. The van der Waals surface area contributed by atoms with Gasteiger partial charge in [-0.05, 0) is 111 Å². The van der Waals surface area contributed by atoms with Gasteiger partial charge in [-0.2, -0.15) is 71.0 Å². The SMILES string of the molecule is CC1C(C)N(c2cc(C(F)(F)F)ccn2)C(=O)N1C.CC1C(C)N(c2cc(C(F)(F)F)n(C)n2)C(=O)N1C.CC1CN(C)C(=O)N1c1cc(C(F)(F)F)ccn1.CC1NC(=O)N(c2cc(C(F)(F)F)ccn2)C1C.CCOC1C(O)N(c2cc(C(C)(C)C)on2)C(=O)N1C.CCOC1C(O)N(c2cc(C(F)(F)F)ccn2)C(=O)N1C.CO. The summed E-state index contributed by atoms with van der Waals surface area (Å²) in [6.45, 7) is 23.1. The van der Waals surface area contributed by atoms with Gasteiger partial charge in [0.2, 0.25) is 0 Å². The summed E-state index contributed by atoms with van der Waals surface area (Å²) in [4.78, 5) is 101. The van der Waals surface area contributed by atoms with E-state index in [0.717, 1.165) is 94.9 Å². The maximum absolute atomic E-state index is 12.7. The number of alkyl halides is 15. The van der Waals surface area contributed by atoms with Crippen molar-refractivity contribution in [3.05, 3.63) is 119 Å². The molecule has 31 nitrogen and oxygen atoms in total. The molecule has 6 aliphatic heterocycles. The van der Waals surface area contributed by atoms with Crippen molar-refractivity contribution in [2.24, 2.45) is 7.05 Å². The number of rotatable bonds is 10. The van der Waals surface area contributed by atoms with E-state index < -0.39 is 95.8 Å². The van der Waals surface area contributed by atoms with Crippen LogP contribution in [0.1, 0.15) is 117 Å². The summed E-state index contributed by atoms with van der Waals surface area (Å²) in [5, 5.41) is 37.7. The number of hydrogen-bond acceptors (Lipinski definition) is 18. The number of carbonyl (C=O) groups excluding carboxylic acids is 6. The fraction of sp³-hybridized carbons (Fsp3) is 0.549. The summed E-state index contributed by atoms with van der Waals surface area (Å²) in [6.07, 6.45) is -22.4. The molecule has 0 radical (unpaired) electrons. The molecule has 6 aliphatic rings. The molecule has 11 unspecified atom stereocenters. The molecule has 4 N–H and O–H groups in total. The van der Waals surface area contributed by atoms with Crippen molar-refractivity contribution in [2.75, 3.05) is 91.5 Å². The van der Waals surface area contributed by atoms with Crippen LogP contribution in [-0.2, 0) is 52.8 Å². The van der Waals surface area contributed by atoms with Gasteiger partial charge in [0.25, 0.3) is 0 Å². The zero-order valence-corrected chi connectivity index (χ0v) is 66.8. The molecule has 6 saturated heterocycles. The number of pyridine rings is 4. The van der Waals surface area contributed by atoms with Crippen LogP contribution in [0.4, 0.5) is 130 Å². The topological polar surface area (TPSA) is 325 Å². The molecule has 6 fully saturated rings. The summed E-state index contributed by atoms with van der Waals surface area (Å²) >= 11 is 0. The minimum Gasteiger partial charge on any atom is -0.400 e. The average molecular weight is 1690 g/mol. The van der Waals surface area contributed by atoms with Gasteiger partial charge in [-0.3, -0.25) is 34.1 Å². The summed E-state index contributed by atoms with van der Waals surface area (Å²) in [5.74, 6) is 0.769. The van der Waals surface area contributed by atoms with Crippen LogP contribution in [0.3, 0.4) is 0 Å². The first kappa shape index (κ1) is 95.2. The Morgan fingerprint density at radius 2 is 0.778 bits per heavy atom. The highest BCUT2D eigenvalue weighted by Crippen LogP contribution is 2.40. The number of aryl methyl sites for hydroxylation is 1. The van der Waals surface area contributed by atoms with Gasteiger partial charge in [0.1, 0.15) is 34.7 Å². The molecule has 46 heteroatoms. The van der Waals surface area contributed by atoms with E-state index in [1.165, 1.54) is 58.2 Å². The van der Waals surface area contributed by atoms with Gasteiger partial charge < -0.3 is 49.3 Å².